The van der Waals surface area contributed by atoms with Gasteiger partial charge >= 0.3 is 0 Å². The molecule has 0 saturated carbocycles. The van der Waals surface area contributed by atoms with Gasteiger partial charge < -0.3 is 14.2 Å². The van der Waals surface area contributed by atoms with E-state index >= 15 is 0 Å². The second-order valence-electron chi connectivity index (χ2n) is 33.1. The number of hydrogen-bond donors (Lipinski definition) is 0. The van der Waals surface area contributed by atoms with E-state index in [4.69, 9.17) is 33.9 Å². The number of hydrogen-bond acceptors (Lipinski definition) is 3. The van der Waals surface area contributed by atoms with Gasteiger partial charge in [0.25, 0.3) is 0 Å². The summed E-state index contributed by atoms with van der Waals surface area (Å²) in [6.45, 7) is 22.7. The highest BCUT2D eigenvalue weighted by Crippen LogP contribution is 2.56. The van der Waals surface area contributed by atoms with Crippen LogP contribution in [0.2, 0.25) is 0 Å². The minimum Gasteiger partial charge on any atom is -0.457 e. The minimum absolute atomic E-state index is 0.583. The Labute approximate surface area is 730 Å². The van der Waals surface area contributed by atoms with E-state index in [1.165, 1.54) is 147 Å². The van der Waals surface area contributed by atoms with E-state index in [2.05, 4.69) is 379 Å². The Morgan fingerprint density at radius 2 is 0.417 bits per heavy atom. The van der Waals surface area contributed by atoms with Crippen LogP contribution in [-0.4, -0.2) is 0 Å². The van der Waals surface area contributed by atoms with Crippen LogP contribution in [-0.2, 0) is 0 Å². The van der Waals surface area contributed by atoms with Crippen LogP contribution in [0.15, 0.2) is 406 Å². The largest absolute Gasteiger partial charge is 0.457 e. The predicted octanol–water partition coefficient (Wildman–Crippen LogP) is 35.4. The first-order chi connectivity index (χ1) is 62.8. The number of nitrogens with zero attached hydrogens (tertiary/aromatic N) is 3. The first kappa shape index (κ1) is 72.4. The zero-order chi connectivity index (χ0) is 84.1. The fraction of sp³-hybridized carbons (Fsp3) is 0. The van der Waals surface area contributed by atoms with Crippen LogP contribution >= 0.6 is 0 Å². The third-order valence-electron chi connectivity index (χ3n) is 26.3. The van der Waals surface area contributed by atoms with E-state index in [-0.39, 0.29) is 0 Å². The highest BCUT2D eigenvalue weighted by atomic mass is 16.5. The molecule has 0 aromatic heterocycles. The standard InChI is InChI=1S/C45H25NO.C41H23NO.C35H19NO/c1-46-30-22-29-12-9-19-38-37-21-20-28(23-43(37)47-44(24-30)45(29)38)39-25-41-36-17-7-6-16-35(36)40(26-42(41)34-15-5-4-14-33(34)39)32-18-8-11-27-10-2-3-13-31(27)32;1-42-28-20-27-12-9-17-34-33-19-18-26(21-39(33)43-40(22-28)41(27)34)36-24-38-31-15-7-5-13-29(31)35(25-10-3-2-4-11-25)23-37(38)32-16-8-6-14-30(32)36;1-36-24-17-23-8-6-12-30-29-16-14-22(18-33(29)37-34(19-24)35(23)30)31-20-32-25-9-3-2-7-21(25)13-15-28(32)26-10-4-5-11-27(26)31/h2-26H;2-24H;2-20H. The first-order valence-corrected chi connectivity index (χ1v) is 42.7. The fourth-order valence-electron chi connectivity index (χ4n) is 20.6. The van der Waals surface area contributed by atoms with Gasteiger partial charge in [-0.2, -0.15) is 0 Å². The Morgan fingerprint density at radius 3 is 0.803 bits per heavy atom. The normalized spacial score (nSPS) is 11.9. The van der Waals surface area contributed by atoms with Gasteiger partial charge in [0.05, 0.1) is 19.7 Å². The SMILES string of the molecule is [C-]#[N+]c1cc2c3c(cccc3c1)-c1ccc(-c3cc4c5ccccc5c(-c5cccc6ccccc56)cc4c4ccccc34)cc1O2.[C-]#[N+]c1cc2c3c(cccc3c1)-c1ccc(-c3cc4c5ccccc5c(-c5ccccc5)cc4c4ccccc34)cc1O2.[C-]#[N+]c1cc2c3c(cccc3c1)-c1ccc(-c3cc4c5ccccc5ccc4c4ccccc34)cc1O2. The molecule has 3 heterocycles. The van der Waals surface area contributed by atoms with Crippen molar-refractivity contribution in [2.24, 2.45) is 0 Å². The van der Waals surface area contributed by atoms with Crippen molar-refractivity contribution in [2.75, 3.05) is 0 Å². The molecule has 127 heavy (non-hydrogen) atoms. The lowest BCUT2D eigenvalue weighted by Gasteiger charge is -2.23. The van der Waals surface area contributed by atoms with Crippen molar-refractivity contribution in [1.82, 2.24) is 0 Å². The summed E-state index contributed by atoms with van der Waals surface area (Å²) in [7, 11) is 0. The van der Waals surface area contributed by atoms with Gasteiger partial charge in [-0.1, -0.05) is 303 Å². The summed E-state index contributed by atoms with van der Waals surface area (Å²) in [5, 5.41) is 31.0. The van der Waals surface area contributed by atoms with Crippen molar-refractivity contribution >= 4 is 157 Å². The molecule has 0 radical (unpaired) electrons. The molecule has 0 spiro atoms. The first-order valence-electron chi connectivity index (χ1n) is 42.7. The maximum Gasteiger partial charge on any atom is 0.191 e. The summed E-state index contributed by atoms with van der Waals surface area (Å²) in [4.78, 5) is 11.1. The number of fused-ring (bicyclic) bond motifs is 22. The molecule has 0 N–H and O–H groups in total. The average molecular weight is 1610 g/mol. The molecule has 6 heteroatoms. The van der Waals surface area contributed by atoms with Crippen LogP contribution < -0.4 is 14.2 Å². The summed E-state index contributed by atoms with van der Waals surface area (Å²) >= 11 is 0. The zero-order valence-corrected chi connectivity index (χ0v) is 68.2. The van der Waals surface area contributed by atoms with Crippen LogP contribution in [0.5, 0.6) is 34.5 Å². The van der Waals surface area contributed by atoms with Crippen LogP contribution in [0.1, 0.15) is 0 Å². The van der Waals surface area contributed by atoms with E-state index in [0.29, 0.717) is 17.1 Å². The summed E-state index contributed by atoms with van der Waals surface area (Å²) in [5.41, 5.74) is 20.2. The Balaban J connectivity index is 0.000000104. The quantitative estimate of drug-likeness (QED) is 0.127. The van der Waals surface area contributed by atoms with Gasteiger partial charge in [-0.15, -0.1) is 0 Å². The number of ether oxygens (including phenoxy) is 3. The summed E-state index contributed by atoms with van der Waals surface area (Å²) in [6, 6.07) is 144. The van der Waals surface area contributed by atoms with E-state index in [9.17, 15) is 0 Å². The average Bonchev–Trinajstić information content (AvgIpc) is 0.721. The van der Waals surface area contributed by atoms with Crippen molar-refractivity contribution in [1.29, 1.82) is 0 Å². The van der Waals surface area contributed by atoms with Gasteiger partial charge in [-0.25, -0.2) is 14.5 Å². The third-order valence-corrected chi connectivity index (χ3v) is 26.3. The molecule has 6 nitrogen and oxygen atoms in total. The fourth-order valence-corrected chi connectivity index (χ4v) is 20.6. The second kappa shape index (κ2) is 28.9. The molecule has 0 amide bonds. The lowest BCUT2D eigenvalue weighted by molar-refractivity contribution is 0.487. The molecule has 24 aromatic carbocycles. The Bertz CT molecular complexity index is 9110. The van der Waals surface area contributed by atoms with Crippen LogP contribution in [0, 0.1) is 19.7 Å². The van der Waals surface area contributed by atoms with Gasteiger partial charge in [0, 0.05) is 32.8 Å². The van der Waals surface area contributed by atoms with E-state index in [1.807, 2.05) is 42.5 Å². The topological polar surface area (TPSA) is 40.8 Å². The summed E-state index contributed by atoms with van der Waals surface area (Å²) in [6.07, 6.45) is 0. The Hall–Kier alpha value is -17.5. The van der Waals surface area contributed by atoms with Gasteiger partial charge in [0.15, 0.2) is 17.1 Å². The summed E-state index contributed by atoms with van der Waals surface area (Å²) < 4.78 is 19.6. The Morgan fingerprint density at radius 1 is 0.142 bits per heavy atom. The van der Waals surface area contributed by atoms with E-state index in [0.717, 1.165) is 117 Å². The number of rotatable bonds is 5. The molecule has 27 rings (SSSR count). The molecule has 0 atom stereocenters. The maximum atomic E-state index is 7.62. The smallest absolute Gasteiger partial charge is 0.191 e. The molecule has 0 fully saturated rings. The highest BCUT2D eigenvalue weighted by molar-refractivity contribution is 6.28. The van der Waals surface area contributed by atoms with E-state index in [1.54, 1.807) is 0 Å². The van der Waals surface area contributed by atoms with Crippen LogP contribution in [0.25, 0.3) is 244 Å². The molecule has 3 aliphatic rings. The Kier molecular flexibility index (Phi) is 16.4. The van der Waals surface area contributed by atoms with Crippen LogP contribution in [0.3, 0.4) is 0 Å². The van der Waals surface area contributed by atoms with Gasteiger partial charge in [0.2, 0.25) is 0 Å². The van der Waals surface area contributed by atoms with Crippen molar-refractivity contribution in [2.45, 2.75) is 0 Å². The predicted molar refractivity (Wildman–Crippen MR) is 529 cm³/mol. The maximum absolute atomic E-state index is 7.62. The van der Waals surface area contributed by atoms with Crippen LogP contribution in [0.4, 0.5) is 17.1 Å². The molecular formula is C121H67N3O3. The molecule has 0 unspecified atom stereocenters. The lowest BCUT2D eigenvalue weighted by Crippen LogP contribution is -1.97. The second-order valence-corrected chi connectivity index (χ2v) is 33.1. The zero-order valence-electron chi connectivity index (χ0n) is 68.2. The molecule has 3 aliphatic heterocycles. The highest BCUT2D eigenvalue weighted by Gasteiger charge is 2.28. The van der Waals surface area contributed by atoms with Crippen molar-refractivity contribution in [3.63, 3.8) is 0 Å². The van der Waals surface area contributed by atoms with Crippen molar-refractivity contribution in [3.05, 3.63) is 441 Å². The van der Waals surface area contributed by atoms with Gasteiger partial charge in [-0.05, 0) is 299 Å². The lowest BCUT2D eigenvalue weighted by atomic mass is 9.86. The monoisotopic (exact) mass is 1610 g/mol. The third kappa shape index (κ3) is 11.6. The molecular weight excluding hydrogens is 1540 g/mol. The van der Waals surface area contributed by atoms with Gasteiger partial charge in [0.1, 0.15) is 34.5 Å². The molecule has 24 aromatic rings. The van der Waals surface area contributed by atoms with E-state index < -0.39 is 0 Å². The van der Waals surface area contributed by atoms with Crippen molar-refractivity contribution < 1.29 is 14.2 Å². The van der Waals surface area contributed by atoms with Gasteiger partial charge in [-0.3, -0.25) is 0 Å². The number of benzene rings is 24. The summed E-state index contributed by atoms with van der Waals surface area (Å²) in [5.74, 6) is 4.67. The molecule has 584 valence electrons. The van der Waals surface area contributed by atoms with Crippen molar-refractivity contribution in [3.8, 4) is 124 Å². The molecule has 0 aliphatic carbocycles. The minimum atomic E-state index is 0.583. The molecule has 0 bridgehead atoms. The molecule has 0 saturated heterocycles.